The van der Waals surface area contributed by atoms with Crippen molar-refractivity contribution in [3.63, 3.8) is 0 Å². The molecule has 0 aliphatic carbocycles. The fraction of sp³-hybridized carbons (Fsp3) is 0.167. The fourth-order valence-electron chi connectivity index (χ4n) is 3.59. The number of ether oxygens (including phenoxy) is 1. The summed E-state index contributed by atoms with van der Waals surface area (Å²) in [6.45, 7) is 0.264. The summed E-state index contributed by atoms with van der Waals surface area (Å²) < 4.78 is 18.4. The first kappa shape index (κ1) is 22.3. The van der Waals surface area contributed by atoms with Crippen molar-refractivity contribution < 1.29 is 18.7 Å². The number of aromatic nitrogens is 1. The van der Waals surface area contributed by atoms with Gasteiger partial charge >= 0.3 is 0 Å². The van der Waals surface area contributed by atoms with Gasteiger partial charge < -0.3 is 15.0 Å². The molecule has 1 aliphatic rings. The second-order valence-corrected chi connectivity index (χ2v) is 7.75. The Morgan fingerprint density at radius 2 is 1.94 bits per heavy atom. The van der Waals surface area contributed by atoms with Crippen LogP contribution in [-0.2, 0) is 16.1 Å². The Bertz CT molecular complexity index is 1170. The van der Waals surface area contributed by atoms with Gasteiger partial charge in [0.15, 0.2) is 5.11 Å². The molecule has 1 fully saturated rings. The number of carbonyl (C=O) groups is 2. The third-order valence-electron chi connectivity index (χ3n) is 5.20. The predicted molar refractivity (Wildman–Crippen MR) is 126 cm³/mol. The third kappa shape index (κ3) is 4.98. The van der Waals surface area contributed by atoms with Crippen molar-refractivity contribution in [3.05, 3.63) is 84.4 Å². The van der Waals surface area contributed by atoms with E-state index in [1.165, 1.54) is 29.2 Å². The number of thiocarbonyl (C=S) groups is 1. The maximum atomic E-state index is 13.5. The topological polar surface area (TPSA) is 74.8 Å². The second kappa shape index (κ2) is 9.74. The van der Waals surface area contributed by atoms with E-state index in [0.717, 1.165) is 0 Å². The van der Waals surface area contributed by atoms with Crippen molar-refractivity contribution in [2.75, 3.05) is 17.3 Å². The highest BCUT2D eigenvalue weighted by Crippen LogP contribution is 2.30. The van der Waals surface area contributed by atoms with Gasteiger partial charge in [-0.05, 0) is 60.7 Å². The molecule has 168 valence electrons. The van der Waals surface area contributed by atoms with Crippen LogP contribution in [0.3, 0.4) is 0 Å². The first-order valence-electron chi connectivity index (χ1n) is 10.2. The molecule has 1 atom stereocenters. The molecule has 0 spiro atoms. The molecule has 1 N–H and O–H groups in total. The number of nitrogens with one attached hydrogen (secondary N) is 1. The van der Waals surface area contributed by atoms with Gasteiger partial charge in [0.05, 0.1) is 31.5 Å². The molecular formula is C24H21FN4O3S. The summed E-state index contributed by atoms with van der Waals surface area (Å²) in [6, 6.07) is 17.1. The average Bonchev–Trinajstić information content (AvgIpc) is 3.05. The largest absolute Gasteiger partial charge is 0.497 e. The number of amides is 2. The highest BCUT2D eigenvalue weighted by Gasteiger charge is 2.44. The lowest BCUT2D eigenvalue weighted by Gasteiger charge is -2.23. The number of nitrogens with zero attached hydrogens (tertiary/aromatic N) is 3. The van der Waals surface area contributed by atoms with Crippen LogP contribution < -0.4 is 15.0 Å². The van der Waals surface area contributed by atoms with Gasteiger partial charge in [-0.25, -0.2) is 4.39 Å². The zero-order valence-corrected chi connectivity index (χ0v) is 18.6. The molecule has 3 aromatic rings. The van der Waals surface area contributed by atoms with Gasteiger partial charge in [0.25, 0.3) is 5.91 Å². The van der Waals surface area contributed by atoms with Gasteiger partial charge in [-0.2, -0.15) is 0 Å². The summed E-state index contributed by atoms with van der Waals surface area (Å²) in [4.78, 5) is 33.7. The molecule has 1 saturated heterocycles. The van der Waals surface area contributed by atoms with E-state index in [0.29, 0.717) is 22.8 Å². The van der Waals surface area contributed by atoms with Crippen LogP contribution in [0.2, 0.25) is 0 Å². The summed E-state index contributed by atoms with van der Waals surface area (Å²) in [5.74, 6) is -0.531. The van der Waals surface area contributed by atoms with Crippen molar-refractivity contribution in [1.29, 1.82) is 0 Å². The van der Waals surface area contributed by atoms with Crippen molar-refractivity contribution in [3.8, 4) is 5.75 Å². The Morgan fingerprint density at radius 1 is 1.15 bits per heavy atom. The molecule has 2 amide bonds. The second-order valence-electron chi connectivity index (χ2n) is 7.38. The molecular weight excluding hydrogens is 443 g/mol. The molecule has 0 saturated carbocycles. The fourth-order valence-corrected chi connectivity index (χ4v) is 3.98. The minimum Gasteiger partial charge on any atom is -0.497 e. The SMILES string of the molecule is COc1cccc(N2C(=O)C(CC(=O)Nc3ccc(F)cc3)N(Cc3ccccn3)C2=S)c1. The number of rotatable bonds is 7. The molecule has 0 bridgehead atoms. The van der Waals surface area contributed by atoms with Crippen LogP contribution in [0.4, 0.5) is 15.8 Å². The van der Waals surface area contributed by atoms with Gasteiger partial charge in [-0.15, -0.1) is 0 Å². The van der Waals surface area contributed by atoms with Gasteiger partial charge in [0, 0.05) is 18.0 Å². The zero-order chi connectivity index (χ0) is 23.4. The Labute approximate surface area is 195 Å². The van der Waals surface area contributed by atoms with Crippen molar-refractivity contribution >= 4 is 40.5 Å². The van der Waals surface area contributed by atoms with Gasteiger partial charge in [-0.1, -0.05) is 12.1 Å². The molecule has 7 nitrogen and oxygen atoms in total. The first-order chi connectivity index (χ1) is 16.0. The number of hydrogen-bond donors (Lipinski definition) is 1. The summed E-state index contributed by atoms with van der Waals surface area (Å²) >= 11 is 5.66. The van der Waals surface area contributed by atoms with Crippen LogP contribution in [0, 0.1) is 5.82 Å². The van der Waals surface area contributed by atoms with E-state index in [9.17, 15) is 14.0 Å². The lowest BCUT2D eigenvalue weighted by atomic mass is 10.1. The van der Waals surface area contributed by atoms with Gasteiger partial charge in [-0.3, -0.25) is 19.5 Å². The number of carbonyl (C=O) groups excluding carboxylic acids is 2. The predicted octanol–water partition coefficient (Wildman–Crippen LogP) is 3.76. The summed E-state index contributed by atoms with van der Waals surface area (Å²) in [5, 5.41) is 2.98. The molecule has 2 heterocycles. The summed E-state index contributed by atoms with van der Waals surface area (Å²) in [7, 11) is 1.54. The monoisotopic (exact) mass is 464 g/mol. The molecule has 1 unspecified atom stereocenters. The number of hydrogen-bond acceptors (Lipinski definition) is 5. The van der Waals surface area contributed by atoms with E-state index in [1.54, 1.807) is 48.5 Å². The highest BCUT2D eigenvalue weighted by molar-refractivity contribution is 7.80. The Balaban J connectivity index is 1.60. The van der Waals surface area contributed by atoms with Crippen LogP contribution in [-0.4, -0.2) is 40.0 Å². The van der Waals surface area contributed by atoms with Crippen LogP contribution in [0.15, 0.2) is 72.9 Å². The maximum Gasteiger partial charge on any atom is 0.256 e. The Hall–Kier alpha value is -3.85. The van der Waals surface area contributed by atoms with E-state index >= 15 is 0 Å². The van der Waals surface area contributed by atoms with Gasteiger partial charge in [0.2, 0.25) is 5.91 Å². The molecule has 33 heavy (non-hydrogen) atoms. The molecule has 1 aliphatic heterocycles. The number of anilines is 2. The Kier molecular flexibility index (Phi) is 6.60. The standard InChI is InChI=1S/C24H21FN4O3S/c1-32-20-7-4-6-19(13-20)29-23(31)21(14-22(30)27-17-10-8-16(25)9-11-17)28(24(29)33)15-18-5-2-3-12-26-18/h2-13,21H,14-15H2,1H3,(H,27,30). The van der Waals surface area contributed by atoms with E-state index < -0.39 is 11.9 Å². The lowest BCUT2D eigenvalue weighted by molar-refractivity contribution is -0.124. The average molecular weight is 465 g/mol. The van der Waals surface area contributed by atoms with Crippen molar-refractivity contribution in [1.82, 2.24) is 9.88 Å². The molecule has 4 rings (SSSR count). The minimum atomic E-state index is -0.828. The quantitative estimate of drug-likeness (QED) is 0.537. The van der Waals surface area contributed by atoms with E-state index in [-0.39, 0.29) is 29.9 Å². The number of halogens is 1. The first-order valence-corrected chi connectivity index (χ1v) is 10.6. The lowest BCUT2D eigenvalue weighted by Crippen LogP contribution is -2.37. The van der Waals surface area contributed by atoms with Crippen LogP contribution >= 0.6 is 12.2 Å². The van der Waals surface area contributed by atoms with Crippen LogP contribution in [0.1, 0.15) is 12.1 Å². The number of pyridine rings is 1. The number of benzene rings is 2. The molecule has 2 aromatic carbocycles. The molecule has 0 radical (unpaired) electrons. The number of methoxy groups -OCH3 is 1. The Morgan fingerprint density at radius 3 is 2.64 bits per heavy atom. The van der Waals surface area contributed by atoms with Crippen molar-refractivity contribution in [2.24, 2.45) is 0 Å². The molecule has 9 heteroatoms. The van der Waals surface area contributed by atoms with E-state index in [2.05, 4.69) is 10.3 Å². The smallest absolute Gasteiger partial charge is 0.256 e. The summed E-state index contributed by atoms with van der Waals surface area (Å²) in [5.41, 5.74) is 1.70. The van der Waals surface area contributed by atoms with Crippen LogP contribution in [0.25, 0.3) is 0 Å². The van der Waals surface area contributed by atoms with Crippen molar-refractivity contribution in [2.45, 2.75) is 19.0 Å². The maximum absolute atomic E-state index is 13.5. The molecule has 1 aromatic heterocycles. The van der Waals surface area contributed by atoms with Crippen LogP contribution in [0.5, 0.6) is 5.75 Å². The normalized spacial score (nSPS) is 15.6. The third-order valence-corrected chi connectivity index (χ3v) is 5.61. The van der Waals surface area contributed by atoms with Gasteiger partial charge in [0.1, 0.15) is 17.6 Å². The minimum absolute atomic E-state index is 0.135. The van der Waals surface area contributed by atoms with E-state index in [1.807, 2.05) is 12.1 Å². The van der Waals surface area contributed by atoms with E-state index in [4.69, 9.17) is 17.0 Å². The zero-order valence-electron chi connectivity index (χ0n) is 17.8. The highest BCUT2D eigenvalue weighted by atomic mass is 32.1. The summed E-state index contributed by atoms with van der Waals surface area (Å²) in [6.07, 6.45) is 1.52.